The van der Waals surface area contributed by atoms with Crippen molar-refractivity contribution in [3.05, 3.63) is 76.7 Å². The molecule has 0 atom stereocenters. The van der Waals surface area contributed by atoms with Crippen LogP contribution in [-0.4, -0.2) is 39.8 Å². The van der Waals surface area contributed by atoms with Gasteiger partial charge >= 0.3 is 12.2 Å². The van der Waals surface area contributed by atoms with Crippen molar-refractivity contribution in [2.24, 2.45) is 7.05 Å². The normalized spacial score (nSPS) is 16.6. The zero-order valence-corrected chi connectivity index (χ0v) is 20.0. The molecule has 0 radical (unpaired) electrons. The highest BCUT2D eigenvalue weighted by atomic mass is 19.4. The number of hydrogen-bond donors (Lipinski definition) is 0. The molecule has 7 nitrogen and oxygen atoms in total. The molecular formula is C26H24F4N6O. The Balaban J connectivity index is 1.40. The van der Waals surface area contributed by atoms with Gasteiger partial charge in [0.05, 0.1) is 29.9 Å². The van der Waals surface area contributed by atoms with E-state index < -0.39 is 23.6 Å². The van der Waals surface area contributed by atoms with E-state index in [1.54, 1.807) is 28.9 Å². The van der Waals surface area contributed by atoms with Gasteiger partial charge < -0.3 is 9.80 Å². The Kier molecular flexibility index (Phi) is 6.27. The van der Waals surface area contributed by atoms with E-state index in [2.05, 4.69) is 5.10 Å². The zero-order valence-electron chi connectivity index (χ0n) is 20.0. The summed E-state index contributed by atoms with van der Waals surface area (Å²) in [6, 6.07) is 11.0. The van der Waals surface area contributed by atoms with Crippen molar-refractivity contribution < 1.29 is 22.4 Å². The first-order valence-corrected chi connectivity index (χ1v) is 11.9. The van der Waals surface area contributed by atoms with Gasteiger partial charge in [-0.05, 0) is 36.6 Å². The second-order valence-corrected chi connectivity index (χ2v) is 9.27. The van der Waals surface area contributed by atoms with Gasteiger partial charge in [0.25, 0.3) is 0 Å². The summed E-state index contributed by atoms with van der Waals surface area (Å²) < 4.78 is 57.0. The van der Waals surface area contributed by atoms with E-state index in [9.17, 15) is 27.6 Å². The van der Waals surface area contributed by atoms with E-state index in [0.717, 1.165) is 11.6 Å². The molecule has 2 aromatic carbocycles. The third kappa shape index (κ3) is 4.59. The molecule has 3 aromatic rings. The Morgan fingerprint density at radius 3 is 2.54 bits per heavy atom. The first-order valence-electron chi connectivity index (χ1n) is 11.9. The first-order chi connectivity index (χ1) is 17.7. The van der Waals surface area contributed by atoms with E-state index in [1.165, 1.54) is 35.2 Å². The second-order valence-electron chi connectivity index (χ2n) is 9.27. The van der Waals surface area contributed by atoms with Crippen molar-refractivity contribution in [2.45, 2.75) is 38.1 Å². The third-order valence-corrected chi connectivity index (χ3v) is 6.94. The number of fused-ring (bicyclic) bond motifs is 1. The van der Waals surface area contributed by atoms with E-state index in [0.29, 0.717) is 31.7 Å². The van der Waals surface area contributed by atoms with Gasteiger partial charge in [0.15, 0.2) is 5.82 Å². The van der Waals surface area contributed by atoms with Crippen LogP contribution >= 0.6 is 0 Å². The Bertz CT molecular complexity index is 1370. The first kappa shape index (κ1) is 24.6. The molecule has 0 aliphatic carbocycles. The van der Waals surface area contributed by atoms with Gasteiger partial charge in [0.2, 0.25) is 0 Å². The van der Waals surface area contributed by atoms with Crippen molar-refractivity contribution in [3.8, 4) is 6.07 Å². The van der Waals surface area contributed by atoms with Crippen molar-refractivity contribution in [1.29, 1.82) is 5.26 Å². The number of para-hydroxylation sites is 1. The molecule has 192 valence electrons. The van der Waals surface area contributed by atoms with Gasteiger partial charge in [0, 0.05) is 37.9 Å². The summed E-state index contributed by atoms with van der Waals surface area (Å²) >= 11 is 0. The lowest BCUT2D eigenvalue weighted by atomic mass is 10.00. The summed E-state index contributed by atoms with van der Waals surface area (Å²) in [7, 11) is 1.70. The molecular weight excluding hydrogens is 488 g/mol. The molecule has 2 aliphatic rings. The monoisotopic (exact) mass is 512 g/mol. The highest BCUT2D eigenvalue weighted by Crippen LogP contribution is 2.36. The molecule has 1 aromatic heterocycles. The zero-order chi connectivity index (χ0) is 26.3. The van der Waals surface area contributed by atoms with Crippen LogP contribution in [0, 0.1) is 17.1 Å². The fourth-order valence-corrected chi connectivity index (χ4v) is 5.22. The summed E-state index contributed by atoms with van der Waals surface area (Å²) in [5, 5.41) is 13.8. The predicted molar refractivity (Wildman–Crippen MR) is 128 cm³/mol. The number of aryl methyl sites for hydroxylation is 1. The molecule has 2 aliphatic heterocycles. The number of halogens is 4. The average molecular weight is 513 g/mol. The summed E-state index contributed by atoms with van der Waals surface area (Å²) in [6.45, 7) is 0.879. The number of nitrogens with zero attached hydrogens (tertiary/aromatic N) is 6. The minimum atomic E-state index is -4.55. The minimum absolute atomic E-state index is 0.0137. The number of alkyl halides is 3. The van der Waals surface area contributed by atoms with Gasteiger partial charge in [-0.15, -0.1) is 0 Å². The fourth-order valence-electron chi connectivity index (χ4n) is 5.22. The van der Waals surface area contributed by atoms with Crippen LogP contribution in [-0.2, 0) is 26.3 Å². The quantitative estimate of drug-likeness (QED) is 0.459. The summed E-state index contributed by atoms with van der Waals surface area (Å²) in [6.07, 6.45) is -1.74. The van der Waals surface area contributed by atoms with Gasteiger partial charge in [-0.2, -0.15) is 23.5 Å². The largest absolute Gasteiger partial charge is 0.416 e. The Morgan fingerprint density at radius 1 is 1.11 bits per heavy atom. The number of rotatable bonds is 4. The number of piperidine rings is 1. The molecule has 2 amide bonds. The van der Waals surface area contributed by atoms with Gasteiger partial charge in [0.1, 0.15) is 11.9 Å². The number of amides is 2. The Morgan fingerprint density at radius 2 is 1.84 bits per heavy atom. The van der Waals surface area contributed by atoms with E-state index in [1.807, 2.05) is 11.0 Å². The number of benzene rings is 2. The fraction of sp³-hybridized carbons (Fsp3) is 0.346. The highest BCUT2D eigenvalue weighted by molar-refractivity contribution is 5.94. The van der Waals surface area contributed by atoms with Crippen molar-refractivity contribution in [1.82, 2.24) is 14.7 Å². The van der Waals surface area contributed by atoms with Crippen molar-refractivity contribution >= 4 is 17.5 Å². The predicted octanol–water partition coefficient (Wildman–Crippen LogP) is 5.06. The second kappa shape index (κ2) is 9.42. The number of carbonyl (C=O) groups is 1. The number of nitriles is 1. The van der Waals surface area contributed by atoms with Gasteiger partial charge in [-0.25, -0.2) is 9.18 Å². The lowest BCUT2D eigenvalue weighted by Crippen LogP contribution is -2.54. The number of anilines is 2. The molecule has 0 unspecified atom stereocenters. The molecule has 1 fully saturated rings. The molecule has 11 heteroatoms. The number of aromatic nitrogens is 2. The average Bonchev–Trinajstić information content (AvgIpc) is 3.25. The molecule has 3 heterocycles. The van der Waals surface area contributed by atoms with Crippen LogP contribution in [0.5, 0.6) is 0 Å². The van der Waals surface area contributed by atoms with Crippen LogP contribution in [0.25, 0.3) is 0 Å². The molecule has 0 N–H and O–H groups in total. The highest BCUT2D eigenvalue weighted by Gasteiger charge is 2.40. The topological polar surface area (TPSA) is 68.4 Å². The smallest absolute Gasteiger partial charge is 0.368 e. The van der Waals surface area contributed by atoms with E-state index in [-0.39, 0.29) is 35.9 Å². The molecule has 0 spiro atoms. The Labute approximate surface area is 211 Å². The number of hydrogen-bond acceptors (Lipinski definition) is 4. The van der Waals surface area contributed by atoms with E-state index >= 15 is 0 Å². The summed E-state index contributed by atoms with van der Waals surface area (Å²) in [5.41, 5.74) is 0.453. The van der Waals surface area contributed by atoms with Gasteiger partial charge in [-0.3, -0.25) is 9.58 Å². The lowest BCUT2D eigenvalue weighted by Gasteiger charge is -2.43. The van der Waals surface area contributed by atoms with Crippen LogP contribution < -0.4 is 9.80 Å². The lowest BCUT2D eigenvalue weighted by molar-refractivity contribution is -0.138. The Hall–Kier alpha value is -4.07. The van der Waals surface area contributed by atoms with Crippen molar-refractivity contribution in [3.63, 3.8) is 0 Å². The van der Waals surface area contributed by atoms with Crippen LogP contribution in [0.2, 0.25) is 0 Å². The molecule has 37 heavy (non-hydrogen) atoms. The van der Waals surface area contributed by atoms with Crippen molar-refractivity contribution in [2.75, 3.05) is 22.9 Å². The molecule has 0 bridgehead atoms. The molecule has 0 saturated carbocycles. The maximum Gasteiger partial charge on any atom is 0.416 e. The van der Waals surface area contributed by atoms with Crippen LogP contribution in [0.4, 0.5) is 33.9 Å². The summed E-state index contributed by atoms with van der Waals surface area (Å²) in [4.78, 5) is 18.5. The molecule has 5 rings (SSSR count). The van der Waals surface area contributed by atoms with Crippen LogP contribution in [0.3, 0.4) is 0 Å². The molecule has 1 saturated heterocycles. The standard InChI is InChI=1S/C26H24F4N6O/c1-33-14-19-16-35(20-9-11-34(12-10-20)23-17(13-31)6-4-8-22(23)27)25(37)36(24(19)32-33)15-18-5-2-3-7-21(18)26(28,29)30/h2-8,14,20H,9-12,15-16H2,1H3. The maximum atomic E-state index is 14.5. The van der Waals surface area contributed by atoms with E-state index in [4.69, 9.17) is 0 Å². The van der Waals surface area contributed by atoms with Crippen LogP contribution in [0.1, 0.15) is 35.1 Å². The van der Waals surface area contributed by atoms with Crippen LogP contribution in [0.15, 0.2) is 48.7 Å². The summed E-state index contributed by atoms with van der Waals surface area (Å²) in [5.74, 6) is -0.121. The third-order valence-electron chi connectivity index (χ3n) is 6.94. The SMILES string of the molecule is Cn1cc2c(n1)N(Cc1ccccc1C(F)(F)F)C(=O)N(C1CCN(c3c(F)cccc3C#N)CC1)C2. The number of carbonyl (C=O) groups excluding carboxylic acids is 1. The number of urea groups is 1. The maximum absolute atomic E-state index is 14.5. The van der Waals surface area contributed by atoms with Gasteiger partial charge in [-0.1, -0.05) is 24.3 Å². The minimum Gasteiger partial charge on any atom is -0.368 e.